The van der Waals surface area contributed by atoms with Gasteiger partial charge in [-0.3, -0.25) is 0 Å². The molecular formula is C16H17NO. The molecule has 0 radical (unpaired) electrons. The van der Waals surface area contributed by atoms with Crippen molar-refractivity contribution < 1.29 is 4.74 Å². The molecule has 0 bridgehead atoms. The quantitative estimate of drug-likeness (QED) is 0.753. The van der Waals surface area contributed by atoms with E-state index in [1.165, 1.54) is 22.4 Å². The van der Waals surface area contributed by atoms with Gasteiger partial charge in [0.15, 0.2) is 6.73 Å². The maximum absolute atomic E-state index is 5.84. The molecule has 0 amide bonds. The maximum Gasteiger partial charge on any atom is 0.161 e. The summed E-state index contributed by atoms with van der Waals surface area (Å²) in [7, 11) is 0. The second-order valence-electron chi connectivity index (χ2n) is 4.92. The molecule has 2 heteroatoms. The highest BCUT2D eigenvalue weighted by atomic mass is 16.5. The average Bonchev–Trinajstić information content (AvgIpc) is 2.38. The van der Waals surface area contributed by atoms with E-state index in [2.05, 4.69) is 61.2 Å². The van der Waals surface area contributed by atoms with Gasteiger partial charge in [0.2, 0.25) is 0 Å². The van der Waals surface area contributed by atoms with Gasteiger partial charge in [0.05, 0.1) is 0 Å². The number of benzene rings is 2. The van der Waals surface area contributed by atoms with Crippen LogP contribution in [-0.2, 0) is 6.54 Å². The Bertz CT molecular complexity index is 577. The molecule has 0 aliphatic carbocycles. The molecule has 0 N–H and O–H groups in total. The van der Waals surface area contributed by atoms with Crippen LogP contribution >= 0.6 is 0 Å². The fourth-order valence-electron chi connectivity index (χ4n) is 2.32. The van der Waals surface area contributed by atoms with Gasteiger partial charge in [0.1, 0.15) is 5.75 Å². The Kier molecular flexibility index (Phi) is 2.71. The summed E-state index contributed by atoms with van der Waals surface area (Å²) in [6.45, 7) is 5.75. The topological polar surface area (TPSA) is 12.5 Å². The number of ether oxygens (including phenoxy) is 1. The number of nitrogens with zero attached hydrogens (tertiary/aromatic N) is 1. The molecule has 92 valence electrons. The third kappa shape index (κ3) is 2.06. The zero-order valence-corrected chi connectivity index (χ0v) is 10.8. The summed E-state index contributed by atoms with van der Waals surface area (Å²) in [5, 5.41) is 0. The maximum atomic E-state index is 5.84. The van der Waals surface area contributed by atoms with E-state index in [4.69, 9.17) is 4.74 Å². The van der Waals surface area contributed by atoms with E-state index in [9.17, 15) is 0 Å². The monoisotopic (exact) mass is 239 g/mol. The average molecular weight is 239 g/mol. The van der Waals surface area contributed by atoms with Gasteiger partial charge in [-0.1, -0.05) is 24.3 Å². The molecule has 0 unspecified atom stereocenters. The number of fused-ring (bicyclic) bond motifs is 1. The molecule has 1 aliphatic heterocycles. The summed E-state index contributed by atoms with van der Waals surface area (Å²) in [6.07, 6.45) is 0. The zero-order chi connectivity index (χ0) is 12.5. The van der Waals surface area contributed by atoms with Crippen LogP contribution in [0.5, 0.6) is 5.75 Å². The van der Waals surface area contributed by atoms with Crippen molar-refractivity contribution >= 4 is 5.69 Å². The summed E-state index contributed by atoms with van der Waals surface area (Å²) in [5.41, 5.74) is 5.01. The van der Waals surface area contributed by atoms with Gasteiger partial charge in [-0.25, -0.2) is 0 Å². The lowest BCUT2D eigenvalue weighted by Gasteiger charge is -2.31. The molecule has 0 spiro atoms. The zero-order valence-electron chi connectivity index (χ0n) is 10.8. The van der Waals surface area contributed by atoms with Crippen LogP contribution in [0.1, 0.15) is 16.7 Å². The van der Waals surface area contributed by atoms with Crippen molar-refractivity contribution in [2.24, 2.45) is 0 Å². The van der Waals surface area contributed by atoms with E-state index in [0.29, 0.717) is 6.73 Å². The van der Waals surface area contributed by atoms with E-state index >= 15 is 0 Å². The first kappa shape index (κ1) is 11.1. The van der Waals surface area contributed by atoms with Crippen LogP contribution in [0, 0.1) is 13.8 Å². The Balaban J connectivity index is 1.89. The SMILES string of the molecule is Cc1cccc(N2COc3cc(C)ccc3C2)c1. The van der Waals surface area contributed by atoms with Crippen LogP contribution in [0.4, 0.5) is 5.69 Å². The fourth-order valence-corrected chi connectivity index (χ4v) is 2.32. The second kappa shape index (κ2) is 4.37. The molecule has 0 saturated heterocycles. The van der Waals surface area contributed by atoms with E-state index in [1.807, 2.05) is 0 Å². The van der Waals surface area contributed by atoms with Crippen LogP contribution in [0.2, 0.25) is 0 Å². The molecule has 18 heavy (non-hydrogen) atoms. The van der Waals surface area contributed by atoms with Gasteiger partial charge in [0.25, 0.3) is 0 Å². The molecule has 0 fully saturated rings. The molecule has 0 aromatic heterocycles. The Morgan fingerprint density at radius 2 is 1.83 bits per heavy atom. The second-order valence-corrected chi connectivity index (χ2v) is 4.92. The van der Waals surface area contributed by atoms with Crippen LogP contribution < -0.4 is 9.64 Å². The first-order valence-electron chi connectivity index (χ1n) is 6.26. The first-order valence-corrected chi connectivity index (χ1v) is 6.26. The number of hydrogen-bond acceptors (Lipinski definition) is 2. The van der Waals surface area contributed by atoms with E-state index in [1.54, 1.807) is 0 Å². The molecule has 0 saturated carbocycles. The molecule has 1 aliphatic rings. The fraction of sp³-hybridized carbons (Fsp3) is 0.250. The molecular weight excluding hydrogens is 222 g/mol. The van der Waals surface area contributed by atoms with Crippen molar-refractivity contribution in [2.45, 2.75) is 20.4 Å². The Labute approximate surface area is 108 Å². The van der Waals surface area contributed by atoms with Crippen LogP contribution in [0.25, 0.3) is 0 Å². The number of aryl methyl sites for hydroxylation is 2. The lowest BCUT2D eigenvalue weighted by atomic mass is 10.1. The van der Waals surface area contributed by atoms with Gasteiger partial charge in [-0.2, -0.15) is 0 Å². The molecule has 0 atom stereocenters. The third-order valence-electron chi connectivity index (χ3n) is 3.33. The summed E-state index contributed by atoms with van der Waals surface area (Å²) in [4.78, 5) is 2.25. The van der Waals surface area contributed by atoms with E-state index in [-0.39, 0.29) is 0 Å². The highest BCUT2D eigenvalue weighted by molar-refractivity contribution is 5.51. The largest absolute Gasteiger partial charge is 0.473 e. The lowest BCUT2D eigenvalue weighted by Crippen LogP contribution is -2.31. The van der Waals surface area contributed by atoms with Gasteiger partial charge in [0, 0.05) is 17.8 Å². The summed E-state index contributed by atoms with van der Waals surface area (Å²) >= 11 is 0. The molecule has 1 heterocycles. The third-order valence-corrected chi connectivity index (χ3v) is 3.33. The van der Waals surface area contributed by atoms with Gasteiger partial charge < -0.3 is 9.64 Å². The Morgan fingerprint density at radius 1 is 1.00 bits per heavy atom. The smallest absolute Gasteiger partial charge is 0.161 e. The van der Waals surface area contributed by atoms with Crippen LogP contribution in [-0.4, -0.2) is 6.73 Å². The predicted octanol–water partition coefficient (Wildman–Crippen LogP) is 3.66. The number of rotatable bonds is 1. The van der Waals surface area contributed by atoms with Crippen molar-refractivity contribution in [3.8, 4) is 5.75 Å². The summed E-state index contributed by atoms with van der Waals surface area (Å²) in [6, 6.07) is 15.0. The summed E-state index contributed by atoms with van der Waals surface area (Å²) in [5.74, 6) is 1.03. The molecule has 2 aromatic carbocycles. The molecule has 3 rings (SSSR count). The highest BCUT2D eigenvalue weighted by Gasteiger charge is 2.17. The van der Waals surface area contributed by atoms with Gasteiger partial charge >= 0.3 is 0 Å². The highest BCUT2D eigenvalue weighted by Crippen LogP contribution is 2.29. The minimum atomic E-state index is 0.625. The van der Waals surface area contributed by atoms with Gasteiger partial charge in [-0.05, 0) is 43.2 Å². The number of anilines is 1. The predicted molar refractivity (Wildman–Crippen MR) is 74.0 cm³/mol. The Hall–Kier alpha value is -1.96. The molecule has 2 nitrogen and oxygen atoms in total. The standard InChI is InChI=1S/C16H17NO/c1-12-4-3-5-15(8-12)17-10-14-7-6-13(2)9-16(14)18-11-17/h3-9H,10-11H2,1-2H3. The van der Waals surface area contributed by atoms with Crippen LogP contribution in [0.15, 0.2) is 42.5 Å². The van der Waals surface area contributed by atoms with Crippen molar-refractivity contribution in [2.75, 3.05) is 11.6 Å². The normalized spacial score (nSPS) is 14.0. The summed E-state index contributed by atoms with van der Waals surface area (Å²) < 4.78 is 5.84. The van der Waals surface area contributed by atoms with Crippen molar-refractivity contribution in [1.29, 1.82) is 0 Å². The lowest BCUT2D eigenvalue weighted by molar-refractivity contribution is 0.289. The van der Waals surface area contributed by atoms with Gasteiger partial charge in [-0.15, -0.1) is 0 Å². The first-order chi connectivity index (χ1) is 8.72. The minimum Gasteiger partial charge on any atom is -0.473 e. The van der Waals surface area contributed by atoms with E-state index in [0.717, 1.165) is 12.3 Å². The van der Waals surface area contributed by atoms with Crippen molar-refractivity contribution in [3.63, 3.8) is 0 Å². The Morgan fingerprint density at radius 3 is 2.67 bits per heavy atom. The molecule has 2 aromatic rings. The van der Waals surface area contributed by atoms with E-state index < -0.39 is 0 Å². The van der Waals surface area contributed by atoms with Crippen molar-refractivity contribution in [3.05, 3.63) is 59.2 Å². The minimum absolute atomic E-state index is 0.625. The van der Waals surface area contributed by atoms with Crippen LogP contribution in [0.3, 0.4) is 0 Å². The number of hydrogen-bond donors (Lipinski definition) is 0. The van der Waals surface area contributed by atoms with Crippen molar-refractivity contribution in [1.82, 2.24) is 0 Å².